The van der Waals surface area contributed by atoms with E-state index in [2.05, 4.69) is 27.8 Å². The standard InChI is InChI=1S/C10H10BrNO/c1-2-10(13)12-7-8-4-3-5-9(11)6-8/h2-6H,1,7H2,(H,12,13). The van der Waals surface area contributed by atoms with E-state index in [0.29, 0.717) is 6.54 Å². The largest absolute Gasteiger partial charge is 0.348 e. The van der Waals surface area contributed by atoms with E-state index in [-0.39, 0.29) is 5.91 Å². The highest BCUT2D eigenvalue weighted by Gasteiger charge is 1.95. The van der Waals surface area contributed by atoms with Gasteiger partial charge in [0.25, 0.3) is 0 Å². The Morgan fingerprint density at radius 2 is 2.38 bits per heavy atom. The van der Waals surface area contributed by atoms with Gasteiger partial charge in [-0.05, 0) is 23.8 Å². The minimum absolute atomic E-state index is 0.153. The van der Waals surface area contributed by atoms with Crippen LogP contribution in [0.4, 0.5) is 0 Å². The van der Waals surface area contributed by atoms with Crippen LogP contribution in [0, 0.1) is 0 Å². The van der Waals surface area contributed by atoms with Gasteiger partial charge in [-0.15, -0.1) is 0 Å². The molecule has 0 atom stereocenters. The molecule has 0 aliphatic carbocycles. The third-order valence-corrected chi connectivity index (χ3v) is 2.03. The number of benzene rings is 1. The highest BCUT2D eigenvalue weighted by molar-refractivity contribution is 9.10. The maximum Gasteiger partial charge on any atom is 0.243 e. The zero-order valence-corrected chi connectivity index (χ0v) is 8.67. The van der Waals surface area contributed by atoms with E-state index in [4.69, 9.17) is 0 Å². The highest BCUT2D eigenvalue weighted by atomic mass is 79.9. The number of hydrogen-bond acceptors (Lipinski definition) is 1. The number of halogens is 1. The summed E-state index contributed by atoms with van der Waals surface area (Å²) in [7, 11) is 0. The lowest BCUT2D eigenvalue weighted by molar-refractivity contribution is -0.116. The SMILES string of the molecule is C=CC(=O)NCc1cccc(Br)c1. The summed E-state index contributed by atoms with van der Waals surface area (Å²) in [5, 5.41) is 2.70. The van der Waals surface area contributed by atoms with Crippen molar-refractivity contribution >= 4 is 21.8 Å². The average Bonchev–Trinajstić information content (AvgIpc) is 2.14. The molecule has 2 nitrogen and oxygen atoms in total. The predicted octanol–water partition coefficient (Wildman–Crippen LogP) is 2.25. The van der Waals surface area contributed by atoms with Crippen molar-refractivity contribution in [2.24, 2.45) is 0 Å². The topological polar surface area (TPSA) is 29.1 Å². The molecule has 0 fully saturated rings. The number of rotatable bonds is 3. The second kappa shape index (κ2) is 4.82. The average molecular weight is 240 g/mol. The Morgan fingerprint density at radius 1 is 1.62 bits per heavy atom. The molecule has 1 N–H and O–H groups in total. The first-order valence-corrected chi connectivity index (χ1v) is 4.66. The molecule has 1 rings (SSSR count). The molecule has 3 heteroatoms. The maximum atomic E-state index is 10.8. The second-order valence-corrected chi connectivity index (χ2v) is 3.47. The number of carbonyl (C=O) groups excluding carboxylic acids is 1. The van der Waals surface area contributed by atoms with Crippen LogP contribution in [0.3, 0.4) is 0 Å². The number of amides is 1. The fraction of sp³-hybridized carbons (Fsp3) is 0.100. The molecule has 0 aromatic heterocycles. The Labute approximate surface area is 85.8 Å². The fourth-order valence-corrected chi connectivity index (χ4v) is 1.35. The van der Waals surface area contributed by atoms with Gasteiger partial charge in [0, 0.05) is 11.0 Å². The number of hydrogen-bond donors (Lipinski definition) is 1. The van der Waals surface area contributed by atoms with Crippen molar-refractivity contribution in [3.8, 4) is 0 Å². The molecule has 0 radical (unpaired) electrons. The molecule has 13 heavy (non-hydrogen) atoms. The van der Waals surface area contributed by atoms with Gasteiger partial charge in [-0.1, -0.05) is 34.6 Å². The van der Waals surface area contributed by atoms with Crippen LogP contribution < -0.4 is 5.32 Å². The van der Waals surface area contributed by atoms with Gasteiger partial charge >= 0.3 is 0 Å². The second-order valence-electron chi connectivity index (χ2n) is 2.55. The Balaban J connectivity index is 2.54. The van der Waals surface area contributed by atoms with Crippen LogP contribution in [-0.2, 0) is 11.3 Å². The molecule has 0 bridgehead atoms. The summed E-state index contributed by atoms with van der Waals surface area (Å²) in [6.45, 7) is 3.90. The molecule has 68 valence electrons. The Hall–Kier alpha value is -1.09. The molecule has 1 aromatic rings. The Morgan fingerprint density at radius 3 is 3.00 bits per heavy atom. The van der Waals surface area contributed by atoms with Gasteiger partial charge in [0.1, 0.15) is 0 Å². The monoisotopic (exact) mass is 239 g/mol. The summed E-state index contributed by atoms with van der Waals surface area (Å²) in [6, 6.07) is 7.79. The van der Waals surface area contributed by atoms with E-state index in [1.165, 1.54) is 6.08 Å². The van der Waals surface area contributed by atoms with Crippen molar-refractivity contribution in [3.05, 3.63) is 47.0 Å². The van der Waals surface area contributed by atoms with Gasteiger partial charge in [-0.25, -0.2) is 0 Å². The van der Waals surface area contributed by atoms with E-state index in [1.807, 2.05) is 24.3 Å². The van der Waals surface area contributed by atoms with Crippen LogP contribution >= 0.6 is 15.9 Å². The molecular weight excluding hydrogens is 230 g/mol. The van der Waals surface area contributed by atoms with Crippen molar-refractivity contribution < 1.29 is 4.79 Å². The number of nitrogens with one attached hydrogen (secondary N) is 1. The molecule has 1 aromatic carbocycles. The van der Waals surface area contributed by atoms with Crippen LogP contribution in [0.2, 0.25) is 0 Å². The highest BCUT2D eigenvalue weighted by Crippen LogP contribution is 2.11. The zero-order chi connectivity index (χ0) is 9.68. The molecule has 0 heterocycles. The summed E-state index contributed by atoms with van der Waals surface area (Å²) < 4.78 is 1.01. The Kier molecular flexibility index (Phi) is 3.71. The van der Waals surface area contributed by atoms with Crippen molar-refractivity contribution in [1.29, 1.82) is 0 Å². The molecule has 0 aliphatic heterocycles. The van der Waals surface area contributed by atoms with Crippen LogP contribution in [0.5, 0.6) is 0 Å². The smallest absolute Gasteiger partial charge is 0.243 e. The summed E-state index contributed by atoms with van der Waals surface area (Å²) in [6.07, 6.45) is 1.26. The van der Waals surface area contributed by atoms with Gasteiger partial charge in [-0.2, -0.15) is 0 Å². The van der Waals surface area contributed by atoms with E-state index in [0.717, 1.165) is 10.0 Å². The van der Waals surface area contributed by atoms with Crippen molar-refractivity contribution in [3.63, 3.8) is 0 Å². The lowest BCUT2D eigenvalue weighted by Crippen LogP contribution is -2.19. The summed E-state index contributed by atoms with van der Waals surface area (Å²) in [5.74, 6) is -0.153. The molecule has 0 spiro atoms. The minimum Gasteiger partial charge on any atom is -0.348 e. The summed E-state index contributed by atoms with van der Waals surface area (Å²) in [4.78, 5) is 10.8. The maximum absolute atomic E-state index is 10.8. The molecule has 0 unspecified atom stereocenters. The first kappa shape index (κ1) is 9.99. The molecule has 0 aliphatic rings. The van der Waals surface area contributed by atoms with Crippen molar-refractivity contribution in [2.45, 2.75) is 6.54 Å². The van der Waals surface area contributed by atoms with Gasteiger partial charge in [-0.3, -0.25) is 4.79 Å². The van der Waals surface area contributed by atoms with Crippen LogP contribution in [0.25, 0.3) is 0 Å². The van der Waals surface area contributed by atoms with Gasteiger partial charge in [0.2, 0.25) is 5.91 Å². The van der Waals surface area contributed by atoms with E-state index in [9.17, 15) is 4.79 Å². The quantitative estimate of drug-likeness (QED) is 0.806. The lowest BCUT2D eigenvalue weighted by atomic mass is 10.2. The van der Waals surface area contributed by atoms with Crippen LogP contribution in [0.1, 0.15) is 5.56 Å². The normalized spacial score (nSPS) is 9.31. The van der Waals surface area contributed by atoms with Gasteiger partial charge in [0.15, 0.2) is 0 Å². The van der Waals surface area contributed by atoms with Gasteiger partial charge in [0.05, 0.1) is 0 Å². The van der Waals surface area contributed by atoms with E-state index >= 15 is 0 Å². The van der Waals surface area contributed by atoms with Crippen molar-refractivity contribution in [1.82, 2.24) is 5.32 Å². The molecule has 0 saturated heterocycles. The third-order valence-electron chi connectivity index (χ3n) is 1.54. The Bertz CT molecular complexity index is 322. The molecule has 1 amide bonds. The molecule has 0 saturated carbocycles. The first-order chi connectivity index (χ1) is 6.22. The zero-order valence-electron chi connectivity index (χ0n) is 7.09. The first-order valence-electron chi connectivity index (χ1n) is 3.87. The van der Waals surface area contributed by atoms with Crippen molar-refractivity contribution in [2.75, 3.05) is 0 Å². The predicted molar refractivity (Wildman–Crippen MR) is 56.2 cm³/mol. The number of carbonyl (C=O) groups is 1. The van der Waals surface area contributed by atoms with Crippen LogP contribution in [0.15, 0.2) is 41.4 Å². The molecular formula is C10H10BrNO. The van der Waals surface area contributed by atoms with Crippen LogP contribution in [-0.4, -0.2) is 5.91 Å². The lowest BCUT2D eigenvalue weighted by Gasteiger charge is -2.02. The summed E-state index contributed by atoms with van der Waals surface area (Å²) >= 11 is 3.35. The summed E-state index contributed by atoms with van der Waals surface area (Å²) in [5.41, 5.74) is 1.06. The minimum atomic E-state index is -0.153. The third kappa shape index (κ3) is 3.42. The van der Waals surface area contributed by atoms with E-state index < -0.39 is 0 Å². The van der Waals surface area contributed by atoms with E-state index in [1.54, 1.807) is 0 Å². The fourth-order valence-electron chi connectivity index (χ4n) is 0.908. The van der Waals surface area contributed by atoms with Gasteiger partial charge < -0.3 is 5.32 Å².